The molecule has 0 bridgehead atoms. The number of H-pyrrole nitrogens is 1. The molecule has 0 atom stereocenters. The van der Waals surface area contributed by atoms with Gasteiger partial charge in [-0.15, -0.1) is 11.3 Å². The van der Waals surface area contributed by atoms with Crippen LogP contribution in [-0.2, 0) is 13.1 Å². The van der Waals surface area contributed by atoms with Crippen molar-refractivity contribution in [2.24, 2.45) is 0 Å². The minimum atomic E-state index is -0.286. The molecular weight excluding hydrogens is 397 g/mol. The average Bonchev–Trinajstić information content (AvgIpc) is 3.07. The molecule has 4 aromatic rings. The van der Waals surface area contributed by atoms with Crippen molar-refractivity contribution in [2.45, 2.75) is 13.1 Å². The molecule has 28 heavy (non-hydrogen) atoms. The van der Waals surface area contributed by atoms with Gasteiger partial charge in [-0.05, 0) is 48.5 Å². The van der Waals surface area contributed by atoms with Gasteiger partial charge in [0.2, 0.25) is 0 Å². The van der Waals surface area contributed by atoms with Gasteiger partial charge in [0.05, 0.1) is 12.1 Å². The Balaban J connectivity index is 1.58. The van der Waals surface area contributed by atoms with E-state index in [4.69, 9.17) is 11.6 Å². The van der Waals surface area contributed by atoms with Crippen LogP contribution in [0.5, 0.6) is 0 Å². The van der Waals surface area contributed by atoms with Crippen molar-refractivity contribution in [1.29, 1.82) is 0 Å². The second-order valence-corrected chi connectivity index (χ2v) is 8.14. The third-order valence-electron chi connectivity index (χ3n) is 4.32. The number of aromatic nitrogens is 2. The van der Waals surface area contributed by atoms with E-state index in [2.05, 4.69) is 14.9 Å². The van der Waals surface area contributed by atoms with Crippen LogP contribution in [0.2, 0.25) is 5.02 Å². The highest BCUT2D eigenvalue weighted by molar-refractivity contribution is 7.22. The zero-order valence-electron chi connectivity index (χ0n) is 15.1. The average molecular weight is 414 g/mol. The van der Waals surface area contributed by atoms with Crippen LogP contribution in [0.15, 0.2) is 59.4 Å². The van der Waals surface area contributed by atoms with Gasteiger partial charge in [-0.1, -0.05) is 35.9 Å². The van der Waals surface area contributed by atoms with Crippen molar-refractivity contribution >= 4 is 33.2 Å². The summed E-state index contributed by atoms with van der Waals surface area (Å²) in [5.41, 5.74) is 2.45. The van der Waals surface area contributed by atoms with Gasteiger partial charge in [-0.25, -0.2) is 9.37 Å². The molecule has 0 aliphatic carbocycles. The Morgan fingerprint density at radius 2 is 1.93 bits per heavy atom. The lowest BCUT2D eigenvalue weighted by Gasteiger charge is -2.16. The molecule has 142 valence electrons. The van der Waals surface area contributed by atoms with Crippen LogP contribution >= 0.6 is 22.9 Å². The summed E-state index contributed by atoms with van der Waals surface area (Å²) in [5, 5.41) is 0.699. The fourth-order valence-corrected chi connectivity index (χ4v) is 4.29. The molecule has 4 nitrogen and oxygen atoms in total. The SMILES string of the molecule is CN(Cc1cccc(Cl)c1)Cc1nc2cc(-c3ccc(F)cc3)sc2c(=O)[nH]1. The molecule has 0 aliphatic rings. The predicted molar refractivity (Wildman–Crippen MR) is 112 cm³/mol. The summed E-state index contributed by atoms with van der Waals surface area (Å²) in [7, 11) is 1.96. The quantitative estimate of drug-likeness (QED) is 0.496. The third kappa shape index (κ3) is 4.14. The number of aromatic amines is 1. The van der Waals surface area contributed by atoms with Gasteiger partial charge in [0.15, 0.2) is 0 Å². The predicted octanol–water partition coefficient (Wildman–Crippen LogP) is 5.08. The number of hydrogen-bond donors (Lipinski definition) is 1. The Kier molecular flexibility index (Phi) is 5.26. The Morgan fingerprint density at radius 3 is 2.68 bits per heavy atom. The molecular formula is C21H17ClFN3OS. The normalized spacial score (nSPS) is 11.4. The summed E-state index contributed by atoms with van der Waals surface area (Å²) in [6.45, 7) is 1.19. The fraction of sp³-hybridized carbons (Fsp3) is 0.143. The van der Waals surface area contributed by atoms with Crippen LogP contribution in [0.25, 0.3) is 20.7 Å². The third-order valence-corrected chi connectivity index (χ3v) is 5.73. The number of rotatable bonds is 5. The Morgan fingerprint density at radius 1 is 1.14 bits per heavy atom. The van der Waals surface area contributed by atoms with E-state index in [-0.39, 0.29) is 11.4 Å². The number of thiophene rings is 1. The molecule has 0 saturated heterocycles. The van der Waals surface area contributed by atoms with Crippen LogP contribution in [0.3, 0.4) is 0 Å². The lowest BCUT2D eigenvalue weighted by Crippen LogP contribution is -2.21. The summed E-state index contributed by atoms with van der Waals surface area (Å²) >= 11 is 7.40. The van der Waals surface area contributed by atoms with Crippen molar-refractivity contribution < 1.29 is 4.39 Å². The minimum absolute atomic E-state index is 0.158. The molecule has 0 radical (unpaired) electrons. The molecule has 1 N–H and O–H groups in total. The largest absolute Gasteiger partial charge is 0.308 e. The topological polar surface area (TPSA) is 49.0 Å². The van der Waals surface area contributed by atoms with E-state index >= 15 is 0 Å². The van der Waals surface area contributed by atoms with E-state index in [1.807, 2.05) is 37.4 Å². The Hall–Kier alpha value is -2.54. The number of hydrogen-bond acceptors (Lipinski definition) is 4. The van der Waals surface area contributed by atoms with E-state index in [0.29, 0.717) is 34.2 Å². The highest BCUT2D eigenvalue weighted by atomic mass is 35.5. The Bertz CT molecular complexity index is 1190. The van der Waals surface area contributed by atoms with Crippen molar-refractivity contribution in [2.75, 3.05) is 7.05 Å². The summed E-state index contributed by atoms with van der Waals surface area (Å²) in [4.78, 5) is 22.9. The fourth-order valence-electron chi connectivity index (χ4n) is 3.08. The van der Waals surface area contributed by atoms with Gasteiger partial charge in [0.25, 0.3) is 5.56 Å². The minimum Gasteiger partial charge on any atom is -0.308 e. The molecule has 0 amide bonds. The van der Waals surface area contributed by atoms with Crippen LogP contribution < -0.4 is 5.56 Å². The lowest BCUT2D eigenvalue weighted by molar-refractivity contribution is 0.311. The molecule has 2 aromatic heterocycles. The van der Waals surface area contributed by atoms with Crippen molar-refractivity contribution in [3.05, 3.63) is 87.2 Å². The van der Waals surface area contributed by atoms with Gasteiger partial charge in [0, 0.05) is 16.4 Å². The van der Waals surface area contributed by atoms with Gasteiger partial charge >= 0.3 is 0 Å². The number of fused-ring (bicyclic) bond motifs is 1. The van der Waals surface area contributed by atoms with E-state index in [1.54, 1.807) is 12.1 Å². The molecule has 0 unspecified atom stereocenters. The smallest absolute Gasteiger partial charge is 0.268 e. The molecule has 2 aromatic carbocycles. The monoisotopic (exact) mass is 413 g/mol. The van der Waals surface area contributed by atoms with E-state index in [1.165, 1.54) is 23.5 Å². The number of benzene rings is 2. The molecule has 7 heteroatoms. The molecule has 0 spiro atoms. The maximum Gasteiger partial charge on any atom is 0.268 e. The van der Waals surface area contributed by atoms with Crippen molar-refractivity contribution in [3.63, 3.8) is 0 Å². The van der Waals surface area contributed by atoms with E-state index in [0.717, 1.165) is 16.0 Å². The van der Waals surface area contributed by atoms with Gasteiger partial charge in [-0.2, -0.15) is 0 Å². The summed E-state index contributed by atoms with van der Waals surface area (Å²) < 4.78 is 13.7. The zero-order chi connectivity index (χ0) is 19.7. The highest BCUT2D eigenvalue weighted by Crippen LogP contribution is 2.31. The van der Waals surface area contributed by atoms with Gasteiger partial charge in [-0.3, -0.25) is 9.69 Å². The van der Waals surface area contributed by atoms with Gasteiger partial charge < -0.3 is 4.98 Å². The molecule has 4 rings (SSSR count). The molecule has 0 fully saturated rings. The Labute approximate surface area is 170 Å². The highest BCUT2D eigenvalue weighted by Gasteiger charge is 2.12. The van der Waals surface area contributed by atoms with Crippen LogP contribution in [0.1, 0.15) is 11.4 Å². The number of nitrogens with zero attached hydrogens (tertiary/aromatic N) is 2. The summed E-state index contributed by atoms with van der Waals surface area (Å²) in [6.07, 6.45) is 0. The van der Waals surface area contributed by atoms with E-state index < -0.39 is 0 Å². The van der Waals surface area contributed by atoms with Crippen molar-refractivity contribution in [1.82, 2.24) is 14.9 Å². The second kappa shape index (κ2) is 7.83. The molecule has 0 saturated carbocycles. The molecule has 2 heterocycles. The van der Waals surface area contributed by atoms with Crippen LogP contribution in [0.4, 0.5) is 4.39 Å². The van der Waals surface area contributed by atoms with E-state index in [9.17, 15) is 9.18 Å². The number of halogens is 2. The molecule has 0 aliphatic heterocycles. The van der Waals surface area contributed by atoms with Crippen molar-refractivity contribution in [3.8, 4) is 10.4 Å². The van der Waals surface area contributed by atoms with Crippen LogP contribution in [0, 0.1) is 5.82 Å². The maximum atomic E-state index is 13.1. The zero-order valence-corrected chi connectivity index (χ0v) is 16.6. The first-order chi connectivity index (χ1) is 13.5. The first-order valence-corrected chi connectivity index (χ1v) is 9.89. The standard InChI is InChI=1S/C21H17ClFN3OS/c1-26(11-13-3-2-4-15(22)9-13)12-19-24-17-10-18(28-20(17)21(27)25-19)14-5-7-16(23)8-6-14/h2-10H,11-12H2,1H3,(H,24,25,27). The summed E-state index contributed by atoms with van der Waals surface area (Å²) in [5.74, 6) is 0.316. The first kappa shape index (κ1) is 18.8. The first-order valence-electron chi connectivity index (χ1n) is 8.69. The summed E-state index contributed by atoms with van der Waals surface area (Å²) in [6, 6.07) is 15.8. The van der Waals surface area contributed by atoms with Crippen LogP contribution in [-0.4, -0.2) is 21.9 Å². The van der Waals surface area contributed by atoms with Gasteiger partial charge in [0.1, 0.15) is 16.3 Å². The second-order valence-electron chi connectivity index (χ2n) is 6.65. The lowest BCUT2D eigenvalue weighted by atomic mass is 10.2. The maximum absolute atomic E-state index is 13.1. The number of nitrogens with one attached hydrogen (secondary N) is 1.